The summed E-state index contributed by atoms with van der Waals surface area (Å²) in [6.07, 6.45) is 0.269. The van der Waals surface area contributed by atoms with E-state index in [-0.39, 0.29) is 12.2 Å². The number of ketones is 1. The molecule has 0 N–H and O–H groups in total. The second kappa shape index (κ2) is 5.62. The molecule has 1 heterocycles. The number of hydrogen-bond acceptors (Lipinski definition) is 3. The Morgan fingerprint density at radius 3 is 2.86 bits per heavy atom. The normalized spacial score (nSPS) is 10.8. The van der Waals surface area contributed by atoms with Gasteiger partial charge in [-0.25, -0.2) is 0 Å². The number of methoxy groups -OCH3 is 1. The van der Waals surface area contributed by atoms with Crippen LogP contribution in [0.1, 0.15) is 16.1 Å². The minimum atomic E-state index is -0.0735. The van der Waals surface area contributed by atoms with E-state index in [1.807, 2.05) is 24.3 Å². The maximum absolute atomic E-state index is 12.3. The number of carbonyl (C=O) groups is 1. The van der Waals surface area contributed by atoms with E-state index in [2.05, 4.69) is 0 Å². The highest BCUT2D eigenvalue weighted by Gasteiger charge is 2.13. The van der Waals surface area contributed by atoms with Gasteiger partial charge in [-0.3, -0.25) is 4.79 Å². The Kier molecular flexibility index (Phi) is 3.67. The van der Waals surface area contributed by atoms with Crippen LogP contribution in [0.15, 0.2) is 52.9 Å². The summed E-state index contributed by atoms with van der Waals surface area (Å²) in [5.74, 6) is 1.00. The molecule has 0 aliphatic carbocycles. The molecule has 0 amide bonds. The lowest BCUT2D eigenvalue weighted by Crippen LogP contribution is -2.02. The molecular weight excluding hydrogens is 288 g/mol. The van der Waals surface area contributed by atoms with Crippen molar-refractivity contribution in [1.82, 2.24) is 0 Å². The second-order valence-corrected chi connectivity index (χ2v) is 5.18. The van der Waals surface area contributed by atoms with Crippen LogP contribution in [0.4, 0.5) is 0 Å². The molecule has 2 aromatic carbocycles. The van der Waals surface area contributed by atoms with Crippen LogP contribution in [-0.4, -0.2) is 12.9 Å². The number of furan rings is 1. The predicted molar refractivity (Wildman–Crippen MR) is 82.3 cm³/mol. The zero-order valence-corrected chi connectivity index (χ0v) is 12.2. The highest BCUT2D eigenvalue weighted by molar-refractivity contribution is 6.31. The smallest absolute Gasteiger partial charge is 0.202 e. The number of carbonyl (C=O) groups excluding carboxylic acids is 1. The highest BCUT2D eigenvalue weighted by atomic mass is 35.5. The Hall–Kier alpha value is -2.26. The van der Waals surface area contributed by atoms with Gasteiger partial charge in [0.15, 0.2) is 5.76 Å². The molecule has 0 aliphatic heterocycles. The number of halogens is 1. The van der Waals surface area contributed by atoms with Gasteiger partial charge in [-0.05, 0) is 42.0 Å². The summed E-state index contributed by atoms with van der Waals surface area (Å²) in [6, 6.07) is 14.4. The molecule has 0 spiro atoms. The first-order chi connectivity index (χ1) is 10.2. The molecule has 1 aromatic heterocycles. The van der Waals surface area contributed by atoms with Gasteiger partial charge in [0.05, 0.1) is 7.11 Å². The number of hydrogen-bond donors (Lipinski definition) is 0. The Morgan fingerprint density at radius 1 is 1.19 bits per heavy atom. The van der Waals surface area contributed by atoms with E-state index in [0.29, 0.717) is 16.4 Å². The molecule has 0 aliphatic rings. The number of Topliss-reactive ketones (excluding diaryl/α,β-unsaturated/α-hetero) is 1. The molecule has 21 heavy (non-hydrogen) atoms. The van der Waals surface area contributed by atoms with Gasteiger partial charge >= 0.3 is 0 Å². The lowest BCUT2D eigenvalue weighted by molar-refractivity contribution is 0.0968. The molecule has 0 saturated carbocycles. The third-order valence-corrected chi connectivity index (χ3v) is 3.49. The first-order valence-corrected chi connectivity index (χ1v) is 6.89. The fourth-order valence-corrected chi connectivity index (χ4v) is 2.39. The predicted octanol–water partition coefficient (Wildman–Crippen LogP) is 4.52. The van der Waals surface area contributed by atoms with Crippen molar-refractivity contribution in [2.75, 3.05) is 7.11 Å². The molecule has 3 rings (SSSR count). The largest absolute Gasteiger partial charge is 0.497 e. The molecule has 0 atom stereocenters. The SMILES string of the molecule is COc1cccc(CC(=O)c2cc3cc(Cl)ccc3o2)c1. The summed E-state index contributed by atoms with van der Waals surface area (Å²) in [4.78, 5) is 12.3. The van der Waals surface area contributed by atoms with Crippen LogP contribution in [0.2, 0.25) is 5.02 Å². The van der Waals surface area contributed by atoms with Crippen LogP contribution >= 0.6 is 11.6 Å². The third kappa shape index (κ3) is 2.93. The quantitative estimate of drug-likeness (QED) is 0.665. The fraction of sp³-hybridized carbons (Fsp3) is 0.118. The van der Waals surface area contributed by atoms with Gasteiger partial charge in [0, 0.05) is 16.8 Å². The van der Waals surface area contributed by atoms with Gasteiger partial charge in [-0.1, -0.05) is 23.7 Å². The summed E-state index contributed by atoms with van der Waals surface area (Å²) in [7, 11) is 1.60. The van der Waals surface area contributed by atoms with E-state index in [4.69, 9.17) is 20.8 Å². The number of benzene rings is 2. The standard InChI is InChI=1S/C17H13ClO3/c1-20-14-4-2-3-11(7-14)8-15(19)17-10-12-9-13(18)5-6-16(12)21-17/h2-7,9-10H,8H2,1H3. The molecule has 3 aromatic rings. The van der Waals surface area contributed by atoms with Gasteiger partial charge in [-0.15, -0.1) is 0 Å². The van der Waals surface area contributed by atoms with Gasteiger partial charge < -0.3 is 9.15 Å². The van der Waals surface area contributed by atoms with Gasteiger partial charge in [0.25, 0.3) is 0 Å². The van der Waals surface area contributed by atoms with E-state index in [1.165, 1.54) is 0 Å². The van der Waals surface area contributed by atoms with Crippen LogP contribution in [0, 0.1) is 0 Å². The van der Waals surface area contributed by atoms with Crippen molar-refractivity contribution < 1.29 is 13.9 Å². The van der Waals surface area contributed by atoms with Crippen molar-refractivity contribution in [2.45, 2.75) is 6.42 Å². The lowest BCUT2D eigenvalue weighted by atomic mass is 10.1. The van der Waals surface area contributed by atoms with Crippen LogP contribution in [0.5, 0.6) is 5.75 Å². The second-order valence-electron chi connectivity index (χ2n) is 4.74. The minimum Gasteiger partial charge on any atom is -0.497 e. The number of ether oxygens (including phenoxy) is 1. The molecule has 3 nitrogen and oxygen atoms in total. The molecule has 0 radical (unpaired) electrons. The van der Waals surface area contributed by atoms with Crippen molar-refractivity contribution >= 4 is 28.4 Å². The van der Waals surface area contributed by atoms with Crippen LogP contribution in [-0.2, 0) is 6.42 Å². The monoisotopic (exact) mass is 300 g/mol. The zero-order chi connectivity index (χ0) is 14.8. The van der Waals surface area contributed by atoms with Crippen molar-refractivity contribution in [3.05, 3.63) is 64.9 Å². The zero-order valence-electron chi connectivity index (χ0n) is 11.4. The molecule has 0 bridgehead atoms. The summed E-state index contributed by atoms with van der Waals surface area (Å²) in [6.45, 7) is 0. The summed E-state index contributed by atoms with van der Waals surface area (Å²) in [5.41, 5.74) is 1.55. The van der Waals surface area contributed by atoms with E-state index >= 15 is 0 Å². The minimum absolute atomic E-state index is 0.0735. The van der Waals surface area contributed by atoms with Crippen molar-refractivity contribution in [2.24, 2.45) is 0 Å². The van der Waals surface area contributed by atoms with Crippen LogP contribution in [0.3, 0.4) is 0 Å². The maximum Gasteiger partial charge on any atom is 0.202 e. The van der Waals surface area contributed by atoms with Crippen molar-refractivity contribution in [1.29, 1.82) is 0 Å². The van der Waals surface area contributed by atoms with E-state index in [9.17, 15) is 4.79 Å². The highest BCUT2D eigenvalue weighted by Crippen LogP contribution is 2.24. The Labute approximate surface area is 127 Å². The molecule has 4 heteroatoms. The maximum atomic E-state index is 12.3. The summed E-state index contributed by atoms with van der Waals surface area (Å²) in [5, 5.41) is 1.45. The van der Waals surface area contributed by atoms with Gasteiger partial charge in [0.2, 0.25) is 5.78 Å². The van der Waals surface area contributed by atoms with Gasteiger partial charge in [-0.2, -0.15) is 0 Å². The van der Waals surface area contributed by atoms with E-state index in [1.54, 1.807) is 31.4 Å². The summed E-state index contributed by atoms with van der Waals surface area (Å²) >= 11 is 5.93. The van der Waals surface area contributed by atoms with Crippen molar-refractivity contribution in [3.63, 3.8) is 0 Å². The summed E-state index contributed by atoms with van der Waals surface area (Å²) < 4.78 is 10.7. The molecule has 0 unspecified atom stereocenters. The number of rotatable bonds is 4. The Balaban J connectivity index is 1.86. The van der Waals surface area contributed by atoms with E-state index in [0.717, 1.165) is 16.7 Å². The Morgan fingerprint density at radius 2 is 2.05 bits per heavy atom. The number of fused-ring (bicyclic) bond motifs is 1. The lowest BCUT2D eigenvalue weighted by Gasteiger charge is -2.02. The van der Waals surface area contributed by atoms with Crippen LogP contribution in [0.25, 0.3) is 11.0 Å². The molecule has 0 fully saturated rings. The first kappa shape index (κ1) is 13.7. The van der Waals surface area contributed by atoms with E-state index < -0.39 is 0 Å². The fourth-order valence-electron chi connectivity index (χ4n) is 2.21. The third-order valence-electron chi connectivity index (χ3n) is 3.25. The Bertz CT molecular complexity index is 805. The topological polar surface area (TPSA) is 39.4 Å². The molecular formula is C17H13ClO3. The molecule has 106 valence electrons. The van der Waals surface area contributed by atoms with Crippen molar-refractivity contribution in [3.8, 4) is 5.75 Å². The molecule has 0 saturated heterocycles. The van der Waals surface area contributed by atoms with Crippen LogP contribution < -0.4 is 4.74 Å². The average molecular weight is 301 g/mol. The average Bonchev–Trinajstić information content (AvgIpc) is 2.90. The van der Waals surface area contributed by atoms with Gasteiger partial charge in [0.1, 0.15) is 11.3 Å². The first-order valence-electron chi connectivity index (χ1n) is 6.51.